The van der Waals surface area contributed by atoms with Crippen molar-refractivity contribution in [1.29, 1.82) is 0 Å². The molecule has 0 aliphatic carbocycles. The number of alkyl halides is 6. The van der Waals surface area contributed by atoms with E-state index in [1.807, 2.05) is 0 Å². The molecule has 4 aromatic rings. The van der Waals surface area contributed by atoms with Crippen LogP contribution < -0.4 is 18.9 Å². The SMILES string of the molecule is O=C(O)C1(CN2CCC(COc3noc4cccc(OCC(F)(F)F)c34)CC2)CCOCC1.O=C(O)C1(CN2CCC(COc3noc4cccc(OCC(F)(F)F)c34)CC2)CCOCC1.O=S(=O)(O)CCS(=O)(=O)O. The minimum atomic E-state index is -4.46. The largest absolute Gasteiger partial charge is 0.483 e. The molecule has 8 rings (SSSR count). The summed E-state index contributed by atoms with van der Waals surface area (Å²) in [6, 6.07) is 9.07. The number of benzene rings is 2. The van der Waals surface area contributed by atoms with Gasteiger partial charge >= 0.3 is 24.3 Å². The molecule has 426 valence electrons. The van der Waals surface area contributed by atoms with Crippen molar-refractivity contribution in [2.75, 3.05) is 104 Å². The molecule has 2 aromatic carbocycles. The molecule has 2 aromatic heterocycles. The summed E-state index contributed by atoms with van der Waals surface area (Å²) in [5, 5.41) is 27.8. The van der Waals surface area contributed by atoms with Gasteiger partial charge in [-0.2, -0.15) is 43.2 Å². The second-order valence-corrected chi connectivity index (χ2v) is 22.2. The monoisotopic (exact) mass is 1130 g/mol. The zero-order valence-corrected chi connectivity index (χ0v) is 42.6. The van der Waals surface area contributed by atoms with E-state index in [-0.39, 0.29) is 57.0 Å². The molecule has 6 heterocycles. The molecule has 4 aliphatic heterocycles. The quantitative estimate of drug-likeness (QED) is 0.0596. The Kier molecular flexibility index (Phi) is 20.5. The smallest absolute Gasteiger partial charge is 0.422 e. The molecule has 0 amide bonds. The van der Waals surface area contributed by atoms with Crippen molar-refractivity contribution in [3.8, 4) is 23.3 Å². The van der Waals surface area contributed by atoms with Crippen molar-refractivity contribution in [3.63, 3.8) is 0 Å². The standard InChI is InChI=1S/2C22H27F3N2O6.C2H6O6S2/c2*23-22(24,25)14-32-16-2-1-3-17-18(16)19(26-33-17)31-12-15-4-8-27(9-5-15)13-21(20(28)29)6-10-30-11-7-21;3-9(4,5)1-2-10(6,7)8/h2*1-3,15H,4-14H2,(H,28,29);1-2H2,(H,3,4,5)(H,6,7,8). The van der Waals surface area contributed by atoms with Crippen LogP contribution in [0.1, 0.15) is 51.4 Å². The molecule has 0 radical (unpaired) electrons. The first kappa shape index (κ1) is 60.0. The van der Waals surface area contributed by atoms with Gasteiger partial charge in [-0.1, -0.05) is 12.1 Å². The van der Waals surface area contributed by atoms with Crippen LogP contribution in [0, 0.1) is 22.7 Å². The highest BCUT2D eigenvalue weighted by atomic mass is 32.2. The van der Waals surface area contributed by atoms with Gasteiger partial charge in [0.25, 0.3) is 32.0 Å². The van der Waals surface area contributed by atoms with Gasteiger partial charge in [-0.3, -0.25) is 18.7 Å². The Labute approximate surface area is 432 Å². The first-order valence-corrected chi connectivity index (χ1v) is 27.3. The molecule has 0 saturated carbocycles. The topological polar surface area (TPSA) is 297 Å². The summed E-state index contributed by atoms with van der Waals surface area (Å²) in [6.07, 6.45) is -3.58. The zero-order valence-electron chi connectivity index (χ0n) is 41.0. The van der Waals surface area contributed by atoms with Crippen LogP contribution in [0.15, 0.2) is 45.4 Å². The Morgan fingerprint density at radius 2 is 0.934 bits per heavy atom. The predicted molar refractivity (Wildman–Crippen MR) is 254 cm³/mol. The van der Waals surface area contributed by atoms with Gasteiger partial charge in [0, 0.05) is 39.5 Å². The van der Waals surface area contributed by atoms with Crippen molar-refractivity contribution >= 4 is 54.1 Å². The molecule has 0 atom stereocenters. The van der Waals surface area contributed by atoms with E-state index in [2.05, 4.69) is 20.1 Å². The molecule has 0 spiro atoms. The molecule has 4 fully saturated rings. The van der Waals surface area contributed by atoms with Crippen LogP contribution in [0.2, 0.25) is 0 Å². The molecule has 0 unspecified atom stereocenters. The molecule has 4 N–H and O–H groups in total. The lowest BCUT2D eigenvalue weighted by molar-refractivity contribution is -0.157. The first-order chi connectivity index (χ1) is 35.7. The van der Waals surface area contributed by atoms with Crippen LogP contribution in [0.5, 0.6) is 23.3 Å². The van der Waals surface area contributed by atoms with Gasteiger partial charge in [-0.05, 0) is 124 Å². The second-order valence-electron chi connectivity index (χ2n) is 19.1. The number of hydrogen-bond acceptors (Lipinski definition) is 18. The van der Waals surface area contributed by atoms with Gasteiger partial charge in [0.2, 0.25) is 0 Å². The van der Waals surface area contributed by atoms with Crippen molar-refractivity contribution < 1.29 is 110 Å². The van der Waals surface area contributed by atoms with E-state index in [1.165, 1.54) is 24.3 Å². The van der Waals surface area contributed by atoms with E-state index >= 15 is 0 Å². The van der Waals surface area contributed by atoms with E-state index < -0.39 is 80.1 Å². The number of piperidine rings is 2. The Balaban J connectivity index is 0.000000210. The first-order valence-electron chi connectivity index (χ1n) is 24.1. The molecular weight excluding hydrogens is 1070 g/mol. The molecule has 0 bridgehead atoms. The van der Waals surface area contributed by atoms with E-state index in [0.29, 0.717) is 78.4 Å². The lowest BCUT2D eigenvalue weighted by Crippen LogP contribution is -2.49. The van der Waals surface area contributed by atoms with Gasteiger partial charge in [0.05, 0.1) is 35.5 Å². The number of ether oxygens (including phenoxy) is 6. The van der Waals surface area contributed by atoms with Gasteiger partial charge in [0.1, 0.15) is 22.3 Å². The van der Waals surface area contributed by atoms with Crippen LogP contribution in [-0.2, 0) is 39.3 Å². The number of carboxylic acid groups (broad SMARTS) is 2. The summed E-state index contributed by atoms with van der Waals surface area (Å²) in [4.78, 5) is 28.2. The van der Waals surface area contributed by atoms with Crippen molar-refractivity contribution in [3.05, 3.63) is 36.4 Å². The third kappa shape index (κ3) is 18.2. The summed E-state index contributed by atoms with van der Waals surface area (Å²) in [5.41, 5.74) is -0.938. The maximum Gasteiger partial charge on any atom is 0.422 e. The van der Waals surface area contributed by atoms with Gasteiger partial charge in [0.15, 0.2) is 24.4 Å². The predicted octanol–water partition coefficient (Wildman–Crippen LogP) is 6.24. The number of fused-ring (bicyclic) bond motifs is 2. The minimum absolute atomic E-state index is 0.00586. The number of carboxylic acids is 2. The normalized spacial score (nSPS) is 19.2. The Hall–Kier alpha value is -5.24. The van der Waals surface area contributed by atoms with Crippen LogP contribution in [0.3, 0.4) is 0 Å². The minimum Gasteiger partial charge on any atom is -0.483 e. The van der Waals surface area contributed by atoms with Crippen LogP contribution in [0.4, 0.5) is 26.3 Å². The summed E-state index contributed by atoms with van der Waals surface area (Å²) in [7, 11) is -8.59. The maximum atomic E-state index is 12.6. The molecule has 30 heteroatoms. The number of carbonyl (C=O) groups is 2. The Morgan fingerprint density at radius 1 is 0.592 bits per heavy atom. The van der Waals surface area contributed by atoms with E-state index in [1.54, 1.807) is 12.1 Å². The lowest BCUT2D eigenvalue weighted by Gasteiger charge is -2.40. The highest BCUT2D eigenvalue weighted by Crippen LogP contribution is 2.39. The fourth-order valence-corrected chi connectivity index (χ4v) is 10.8. The van der Waals surface area contributed by atoms with Crippen molar-refractivity contribution in [1.82, 2.24) is 20.1 Å². The number of aromatic nitrogens is 2. The Bertz CT molecular complexity index is 2560. The highest BCUT2D eigenvalue weighted by Gasteiger charge is 2.44. The Morgan fingerprint density at radius 3 is 1.24 bits per heavy atom. The molecule has 22 nitrogen and oxygen atoms in total. The summed E-state index contributed by atoms with van der Waals surface area (Å²) >= 11 is 0. The molecule has 76 heavy (non-hydrogen) atoms. The van der Waals surface area contributed by atoms with Crippen LogP contribution >= 0.6 is 0 Å². The molecule has 4 aliphatic rings. The summed E-state index contributed by atoms with van der Waals surface area (Å²) in [5.74, 6) is -2.83. The number of likely N-dealkylation sites (tertiary alicyclic amines) is 2. The molecule has 4 saturated heterocycles. The average molecular weight is 1140 g/mol. The third-order valence-electron chi connectivity index (χ3n) is 13.4. The summed E-state index contributed by atoms with van der Waals surface area (Å²) < 4.78 is 173. The second kappa shape index (κ2) is 25.9. The number of nitrogens with zero attached hydrogens (tertiary/aromatic N) is 4. The molecular formula is C46H60F6N4O18S2. The number of rotatable bonds is 19. The van der Waals surface area contributed by atoms with E-state index in [9.17, 15) is 63.0 Å². The average Bonchev–Trinajstić information content (AvgIpc) is 3.99. The third-order valence-corrected chi connectivity index (χ3v) is 15.1. The van der Waals surface area contributed by atoms with Gasteiger partial charge in [-0.25, -0.2) is 0 Å². The lowest BCUT2D eigenvalue weighted by atomic mass is 9.79. The number of aliphatic carboxylic acids is 2. The fraction of sp³-hybridized carbons (Fsp3) is 0.652. The highest BCUT2D eigenvalue weighted by molar-refractivity contribution is 7.89. The maximum absolute atomic E-state index is 12.6. The van der Waals surface area contributed by atoms with Gasteiger partial charge < -0.3 is 57.5 Å². The van der Waals surface area contributed by atoms with Gasteiger partial charge in [-0.15, -0.1) is 0 Å². The number of halogens is 6. The van der Waals surface area contributed by atoms with E-state index in [4.69, 9.17) is 46.6 Å². The van der Waals surface area contributed by atoms with Crippen LogP contribution in [0.25, 0.3) is 21.9 Å². The van der Waals surface area contributed by atoms with Crippen molar-refractivity contribution in [2.45, 2.75) is 63.7 Å². The zero-order chi connectivity index (χ0) is 55.4. The number of hydrogen-bond donors (Lipinski definition) is 4. The summed E-state index contributed by atoms with van der Waals surface area (Å²) in [6.45, 7) is 3.74. The van der Waals surface area contributed by atoms with Crippen molar-refractivity contribution in [2.24, 2.45) is 22.7 Å². The van der Waals surface area contributed by atoms with E-state index in [0.717, 1.165) is 51.9 Å². The van der Waals surface area contributed by atoms with Crippen LogP contribution in [-0.4, -0.2) is 184 Å². The fourth-order valence-electron chi connectivity index (χ4n) is 9.11.